The van der Waals surface area contributed by atoms with E-state index in [4.69, 9.17) is 4.42 Å². The van der Waals surface area contributed by atoms with Gasteiger partial charge in [-0.2, -0.15) is 0 Å². The van der Waals surface area contributed by atoms with Crippen molar-refractivity contribution in [2.75, 3.05) is 9.71 Å². The fourth-order valence-corrected chi connectivity index (χ4v) is 13.2. The molecule has 0 spiro atoms. The van der Waals surface area contributed by atoms with E-state index in [1.54, 1.807) is 0 Å². The number of para-hydroxylation sites is 3. The monoisotopic (exact) mass is 866 g/mol. The van der Waals surface area contributed by atoms with Gasteiger partial charge in [0.1, 0.15) is 11.2 Å². The molecule has 0 amide bonds. The largest absolute Gasteiger partial charge is 0.456 e. The van der Waals surface area contributed by atoms with Gasteiger partial charge in [0.2, 0.25) is 0 Å². The second-order valence-electron chi connectivity index (χ2n) is 19.5. The fourth-order valence-electron chi connectivity index (χ4n) is 13.2. The minimum absolute atomic E-state index is 0.219. The SMILES string of the molecule is CC1(C)c2ccccc2-c2cccc(N3B4c5cccc6c5N(c5ccccc5C6(c5ccccc5)c5ccccc5)c5cc6oc7ccccc7c6c(c54)-c4ccc(-c5ccccc5)cc43)c21. The van der Waals surface area contributed by atoms with Gasteiger partial charge in [-0.3, -0.25) is 0 Å². The van der Waals surface area contributed by atoms with Gasteiger partial charge >= 0.3 is 6.85 Å². The van der Waals surface area contributed by atoms with Crippen LogP contribution in [0, 0.1) is 0 Å². The Kier molecular flexibility index (Phi) is 7.58. The third kappa shape index (κ3) is 4.74. The highest BCUT2D eigenvalue weighted by Crippen LogP contribution is 2.61. The summed E-state index contributed by atoms with van der Waals surface area (Å²) in [6.45, 7) is 4.62. The van der Waals surface area contributed by atoms with E-state index in [1.807, 2.05) is 0 Å². The molecular weight excluding hydrogens is 824 g/mol. The summed E-state index contributed by atoms with van der Waals surface area (Å²) < 4.78 is 7.02. The van der Waals surface area contributed by atoms with Gasteiger partial charge in [-0.1, -0.05) is 208 Å². The van der Waals surface area contributed by atoms with Crippen LogP contribution in [0.5, 0.6) is 0 Å². The lowest BCUT2D eigenvalue weighted by Gasteiger charge is -2.52. The van der Waals surface area contributed by atoms with Gasteiger partial charge in [-0.05, 0) is 96.4 Å². The summed E-state index contributed by atoms with van der Waals surface area (Å²) >= 11 is 0. The first-order valence-electron chi connectivity index (χ1n) is 23.9. The van der Waals surface area contributed by atoms with E-state index in [9.17, 15) is 0 Å². The maximum absolute atomic E-state index is 7.02. The summed E-state index contributed by atoms with van der Waals surface area (Å²) in [4.78, 5) is 5.34. The number of benzene rings is 10. The van der Waals surface area contributed by atoms with E-state index in [1.165, 1.54) is 100 Å². The van der Waals surface area contributed by atoms with E-state index in [0.29, 0.717) is 0 Å². The summed E-state index contributed by atoms with van der Waals surface area (Å²) in [5, 5.41) is 2.30. The Morgan fingerprint density at radius 1 is 0.441 bits per heavy atom. The number of hydrogen-bond donors (Lipinski definition) is 0. The Labute approximate surface area is 396 Å². The third-order valence-electron chi connectivity index (χ3n) is 15.9. The van der Waals surface area contributed by atoms with Gasteiger partial charge in [0, 0.05) is 50.6 Å². The number of hydrogen-bond acceptors (Lipinski definition) is 3. The summed E-state index contributed by atoms with van der Waals surface area (Å²) in [6.07, 6.45) is 0. The quantitative estimate of drug-likeness (QED) is 0.164. The maximum Gasteiger partial charge on any atom is 0.333 e. The van der Waals surface area contributed by atoms with Crippen molar-refractivity contribution in [3.63, 3.8) is 0 Å². The predicted molar refractivity (Wildman–Crippen MR) is 282 cm³/mol. The van der Waals surface area contributed by atoms with Crippen molar-refractivity contribution >= 4 is 68.1 Å². The zero-order valence-electron chi connectivity index (χ0n) is 37.7. The highest BCUT2D eigenvalue weighted by atomic mass is 16.3. The first kappa shape index (κ1) is 37.8. The molecule has 0 fully saturated rings. The Morgan fingerprint density at radius 2 is 1.07 bits per heavy atom. The zero-order valence-corrected chi connectivity index (χ0v) is 37.7. The van der Waals surface area contributed by atoms with Gasteiger partial charge in [-0.15, -0.1) is 0 Å². The standard InChI is InChI=1S/C64H43BN2O/c1-63(2)48-29-14-12-26-44(48)45-28-18-34-53(60(45)63)67-54-38-41(40-20-6-3-7-21-40)36-37-46(54)59-58-47-27-13-17-35-56(47)68-57(58)39-55-61(59)65(67)51-32-19-31-50-62(51)66(55)52-33-16-15-30-49(52)64(50,42-22-8-4-9-23-42)43-24-10-5-11-25-43/h3-39H,1-2H3. The van der Waals surface area contributed by atoms with E-state index in [0.717, 1.165) is 27.6 Å². The van der Waals surface area contributed by atoms with E-state index in [2.05, 4.69) is 248 Å². The van der Waals surface area contributed by atoms with Crippen LogP contribution in [-0.4, -0.2) is 6.85 Å². The molecule has 0 unspecified atom stereocenters. The van der Waals surface area contributed by atoms with Crippen molar-refractivity contribution in [3.05, 3.63) is 258 Å². The van der Waals surface area contributed by atoms with Crippen molar-refractivity contribution in [1.29, 1.82) is 0 Å². The maximum atomic E-state index is 7.02. The lowest BCUT2D eigenvalue weighted by molar-refractivity contribution is 0.661. The van der Waals surface area contributed by atoms with Crippen LogP contribution in [0.1, 0.15) is 47.2 Å². The Hall–Kier alpha value is -8.34. The molecular formula is C64H43BN2O. The van der Waals surface area contributed by atoms with E-state index < -0.39 is 5.41 Å². The number of nitrogens with zero attached hydrogens (tertiary/aromatic N) is 2. The Morgan fingerprint density at radius 3 is 1.87 bits per heavy atom. The molecule has 10 aromatic carbocycles. The van der Waals surface area contributed by atoms with Gasteiger partial charge in [0.25, 0.3) is 0 Å². The van der Waals surface area contributed by atoms with Crippen LogP contribution in [0.25, 0.3) is 55.3 Å². The Bertz CT molecular complexity index is 3870. The van der Waals surface area contributed by atoms with Crippen LogP contribution in [0.3, 0.4) is 0 Å². The van der Waals surface area contributed by atoms with Gasteiger partial charge in [-0.25, -0.2) is 0 Å². The first-order valence-corrected chi connectivity index (χ1v) is 23.9. The lowest BCUT2D eigenvalue weighted by Crippen LogP contribution is -2.63. The minimum atomic E-state index is -0.625. The fraction of sp³-hybridized carbons (Fsp3) is 0.0625. The number of furan rings is 1. The van der Waals surface area contributed by atoms with Crippen LogP contribution < -0.4 is 20.6 Å². The molecule has 15 rings (SSSR count). The lowest BCUT2D eigenvalue weighted by atomic mass is 9.42. The normalized spacial score (nSPS) is 15.1. The molecule has 0 N–H and O–H groups in total. The van der Waals surface area contributed by atoms with Crippen LogP contribution in [-0.2, 0) is 10.8 Å². The van der Waals surface area contributed by atoms with Crippen molar-refractivity contribution in [3.8, 4) is 33.4 Å². The molecule has 4 heteroatoms. The highest BCUT2D eigenvalue weighted by molar-refractivity contribution is 6.94. The summed E-state index contributed by atoms with van der Waals surface area (Å²) in [7, 11) is 0. The van der Waals surface area contributed by atoms with Gasteiger partial charge < -0.3 is 14.1 Å². The topological polar surface area (TPSA) is 19.6 Å². The molecule has 0 radical (unpaired) electrons. The zero-order chi connectivity index (χ0) is 44.9. The smallest absolute Gasteiger partial charge is 0.333 e. The Balaban J connectivity index is 1.14. The predicted octanol–water partition coefficient (Wildman–Crippen LogP) is 15.0. The molecule has 3 aliphatic heterocycles. The number of anilines is 5. The van der Waals surface area contributed by atoms with Crippen LogP contribution in [0.4, 0.5) is 28.4 Å². The third-order valence-corrected chi connectivity index (χ3v) is 15.9. The molecule has 0 saturated carbocycles. The van der Waals surface area contributed by atoms with E-state index in [-0.39, 0.29) is 12.3 Å². The minimum Gasteiger partial charge on any atom is -0.456 e. The average molecular weight is 867 g/mol. The summed E-state index contributed by atoms with van der Waals surface area (Å²) in [6, 6.07) is 83.8. The van der Waals surface area contributed by atoms with Gasteiger partial charge in [0.05, 0.1) is 11.1 Å². The molecule has 1 aliphatic carbocycles. The second kappa shape index (κ2) is 13.6. The molecule has 3 nitrogen and oxygen atoms in total. The van der Waals surface area contributed by atoms with Crippen molar-refractivity contribution in [2.45, 2.75) is 24.7 Å². The molecule has 318 valence electrons. The van der Waals surface area contributed by atoms with Crippen LogP contribution >= 0.6 is 0 Å². The second-order valence-corrected chi connectivity index (χ2v) is 19.5. The van der Waals surface area contributed by atoms with E-state index >= 15 is 0 Å². The van der Waals surface area contributed by atoms with Crippen molar-refractivity contribution in [1.82, 2.24) is 0 Å². The highest BCUT2D eigenvalue weighted by Gasteiger charge is 2.54. The number of rotatable bonds is 4. The summed E-state index contributed by atoms with van der Waals surface area (Å²) in [5.41, 5.74) is 24.6. The molecule has 0 bridgehead atoms. The first-order chi connectivity index (χ1) is 33.5. The molecule has 68 heavy (non-hydrogen) atoms. The molecule has 11 aromatic rings. The number of fused-ring (bicyclic) bond motifs is 13. The van der Waals surface area contributed by atoms with Crippen molar-refractivity contribution < 1.29 is 4.42 Å². The van der Waals surface area contributed by atoms with Crippen molar-refractivity contribution in [2.24, 2.45) is 0 Å². The molecule has 0 atom stereocenters. The summed E-state index contributed by atoms with van der Waals surface area (Å²) in [5.74, 6) is 0. The molecule has 0 saturated heterocycles. The average Bonchev–Trinajstić information content (AvgIpc) is 3.89. The van der Waals surface area contributed by atoms with Gasteiger partial charge in [0.15, 0.2) is 0 Å². The molecule has 4 aliphatic rings. The molecule has 1 aromatic heterocycles. The van der Waals surface area contributed by atoms with Crippen LogP contribution in [0.15, 0.2) is 229 Å². The van der Waals surface area contributed by atoms with Crippen LogP contribution in [0.2, 0.25) is 0 Å². The molecule has 4 heterocycles.